The van der Waals surface area contributed by atoms with E-state index in [1.807, 2.05) is 12.1 Å². The maximum Gasteiger partial charge on any atom is 0.431 e. The number of esters is 1. The Balaban J connectivity index is 1.40. The Hall–Kier alpha value is -3.50. The lowest BCUT2D eigenvalue weighted by Crippen LogP contribution is -2.38. The molecule has 0 N–H and O–H groups in total. The van der Waals surface area contributed by atoms with Crippen molar-refractivity contribution in [2.24, 2.45) is 11.0 Å². The third-order valence-electron chi connectivity index (χ3n) is 6.57. The van der Waals surface area contributed by atoms with E-state index >= 15 is 0 Å². The van der Waals surface area contributed by atoms with Gasteiger partial charge in [-0.05, 0) is 30.3 Å². The monoisotopic (exact) mass is 506 g/mol. The summed E-state index contributed by atoms with van der Waals surface area (Å²) in [4.78, 5) is 18.2. The summed E-state index contributed by atoms with van der Waals surface area (Å²) in [5, 5.41) is 5.09. The van der Waals surface area contributed by atoms with E-state index in [1.165, 1.54) is 19.0 Å². The van der Waals surface area contributed by atoms with Gasteiger partial charge in [0, 0.05) is 49.8 Å². The van der Waals surface area contributed by atoms with Gasteiger partial charge in [-0.2, -0.15) is 18.3 Å². The minimum absolute atomic E-state index is 0.0181. The van der Waals surface area contributed by atoms with Crippen molar-refractivity contribution >= 4 is 23.1 Å². The number of halogens is 3. The molecular formula is C25H29F3N4O4. The molecule has 2 aromatic rings. The van der Waals surface area contributed by atoms with Crippen molar-refractivity contribution in [2.45, 2.75) is 44.5 Å². The van der Waals surface area contributed by atoms with Crippen molar-refractivity contribution in [3.05, 3.63) is 42.6 Å². The number of benzene rings is 1. The Morgan fingerprint density at radius 1 is 1.08 bits per heavy atom. The van der Waals surface area contributed by atoms with Crippen molar-refractivity contribution in [2.75, 3.05) is 37.2 Å². The number of nitrogens with zero attached hydrogens (tertiary/aromatic N) is 4. The largest absolute Gasteiger partial charge is 0.490 e. The van der Waals surface area contributed by atoms with E-state index in [0.717, 1.165) is 31.6 Å². The zero-order chi connectivity index (χ0) is 25.9. The molecule has 8 nitrogen and oxygen atoms in total. The zero-order valence-electron chi connectivity index (χ0n) is 20.4. The molecule has 2 aliphatic rings. The van der Waals surface area contributed by atoms with Crippen molar-refractivity contribution in [1.82, 2.24) is 4.98 Å². The number of carbonyl (C=O) groups excluding carboxylic acids is 1. The minimum atomic E-state index is -4.58. The Morgan fingerprint density at radius 3 is 2.39 bits per heavy atom. The number of carbonyl (C=O) groups is 1. The maximum atomic E-state index is 13.5. The molecule has 1 aromatic carbocycles. The van der Waals surface area contributed by atoms with Gasteiger partial charge in [0.2, 0.25) is 5.88 Å². The van der Waals surface area contributed by atoms with Crippen LogP contribution in [0.4, 0.5) is 24.5 Å². The highest BCUT2D eigenvalue weighted by Gasteiger charge is 2.48. The molecule has 11 heteroatoms. The number of hydrogen-bond donors (Lipinski definition) is 0. The normalized spacial score (nSPS) is 20.8. The molecular weight excluding hydrogens is 477 g/mol. The van der Waals surface area contributed by atoms with Gasteiger partial charge in [0.25, 0.3) is 0 Å². The van der Waals surface area contributed by atoms with Crippen LogP contribution in [-0.2, 0) is 9.53 Å². The van der Waals surface area contributed by atoms with E-state index in [-0.39, 0.29) is 12.5 Å². The number of hydrogen-bond acceptors (Lipinski definition) is 8. The third-order valence-corrected chi connectivity index (χ3v) is 6.57. The highest BCUT2D eigenvalue weighted by Crippen LogP contribution is 2.37. The van der Waals surface area contributed by atoms with Gasteiger partial charge in [0.15, 0.2) is 0 Å². The summed E-state index contributed by atoms with van der Waals surface area (Å²) in [6.45, 7) is 3.04. The summed E-state index contributed by atoms with van der Waals surface area (Å²) in [5.74, 6) is -0.379. The van der Waals surface area contributed by atoms with Crippen LogP contribution in [-0.4, -0.2) is 62.3 Å². The van der Waals surface area contributed by atoms with E-state index in [4.69, 9.17) is 9.47 Å². The molecule has 36 heavy (non-hydrogen) atoms. The predicted octanol–water partition coefficient (Wildman–Crippen LogP) is 4.44. The van der Waals surface area contributed by atoms with E-state index in [2.05, 4.69) is 19.7 Å². The SMILES string of the molecule is COC(=O)C[C@H]1[C@H](C)C(C(F)(F)F)=NN1c1ccc(OC2CCN(c3ccnc(OC)c3)CC2)cc1. The highest BCUT2D eigenvalue weighted by atomic mass is 19.4. The fraction of sp³-hybridized carbons (Fsp3) is 0.480. The predicted molar refractivity (Wildman–Crippen MR) is 129 cm³/mol. The number of aromatic nitrogens is 1. The van der Waals surface area contributed by atoms with Crippen LogP contribution in [0.5, 0.6) is 11.6 Å². The number of hydrazone groups is 1. The Kier molecular flexibility index (Phi) is 7.56. The Bertz CT molecular complexity index is 1090. The average molecular weight is 507 g/mol. The highest BCUT2D eigenvalue weighted by molar-refractivity contribution is 5.96. The maximum absolute atomic E-state index is 13.5. The van der Waals surface area contributed by atoms with Crippen LogP contribution < -0.4 is 19.4 Å². The van der Waals surface area contributed by atoms with Crippen LogP contribution in [0.3, 0.4) is 0 Å². The second kappa shape index (κ2) is 10.6. The smallest absolute Gasteiger partial charge is 0.431 e. The van der Waals surface area contributed by atoms with Gasteiger partial charge in [0.05, 0.1) is 32.4 Å². The molecule has 1 saturated heterocycles. The second-order valence-electron chi connectivity index (χ2n) is 8.82. The van der Waals surface area contributed by atoms with E-state index in [0.29, 0.717) is 17.3 Å². The van der Waals surface area contributed by atoms with Crippen molar-refractivity contribution in [3.8, 4) is 11.6 Å². The molecule has 2 aliphatic heterocycles. The Morgan fingerprint density at radius 2 is 1.78 bits per heavy atom. The second-order valence-corrected chi connectivity index (χ2v) is 8.82. The molecule has 1 aromatic heterocycles. The lowest BCUT2D eigenvalue weighted by Gasteiger charge is -2.33. The molecule has 0 amide bonds. The fourth-order valence-corrected chi connectivity index (χ4v) is 4.57. The molecule has 0 bridgehead atoms. The van der Waals surface area contributed by atoms with Crippen LogP contribution in [0.2, 0.25) is 0 Å². The number of rotatable bonds is 7. The molecule has 194 valence electrons. The lowest BCUT2D eigenvalue weighted by atomic mass is 9.94. The minimum Gasteiger partial charge on any atom is -0.490 e. The lowest BCUT2D eigenvalue weighted by molar-refractivity contribution is -0.141. The number of piperidine rings is 1. The van der Waals surface area contributed by atoms with E-state index in [9.17, 15) is 18.0 Å². The number of ether oxygens (including phenoxy) is 3. The summed E-state index contributed by atoms with van der Waals surface area (Å²) < 4.78 is 56.5. The quantitative estimate of drug-likeness (QED) is 0.514. The van der Waals surface area contributed by atoms with Crippen molar-refractivity contribution in [1.29, 1.82) is 0 Å². The summed E-state index contributed by atoms with van der Waals surface area (Å²) in [5.41, 5.74) is 0.587. The van der Waals surface area contributed by atoms with Crippen LogP contribution in [0.25, 0.3) is 0 Å². The molecule has 0 unspecified atom stereocenters. The van der Waals surface area contributed by atoms with Gasteiger partial charge in [-0.15, -0.1) is 0 Å². The summed E-state index contributed by atoms with van der Waals surface area (Å²) in [7, 11) is 2.80. The number of alkyl halides is 3. The molecule has 2 atom stereocenters. The molecule has 3 heterocycles. The van der Waals surface area contributed by atoms with Gasteiger partial charge in [0.1, 0.15) is 17.6 Å². The van der Waals surface area contributed by atoms with Gasteiger partial charge < -0.3 is 19.1 Å². The van der Waals surface area contributed by atoms with Crippen LogP contribution in [0, 0.1) is 5.92 Å². The van der Waals surface area contributed by atoms with Gasteiger partial charge in [-0.25, -0.2) is 4.98 Å². The van der Waals surface area contributed by atoms with E-state index in [1.54, 1.807) is 37.6 Å². The Labute approximate surface area is 207 Å². The van der Waals surface area contributed by atoms with Gasteiger partial charge in [-0.1, -0.05) is 6.92 Å². The number of pyridine rings is 1. The number of methoxy groups -OCH3 is 2. The summed E-state index contributed by atoms with van der Waals surface area (Å²) in [6.07, 6.45) is -1.42. The van der Waals surface area contributed by atoms with Crippen LogP contribution >= 0.6 is 0 Å². The van der Waals surface area contributed by atoms with Crippen molar-refractivity contribution in [3.63, 3.8) is 0 Å². The van der Waals surface area contributed by atoms with Gasteiger partial charge in [-0.3, -0.25) is 9.80 Å². The first-order valence-corrected chi connectivity index (χ1v) is 11.7. The van der Waals surface area contributed by atoms with Crippen LogP contribution in [0.15, 0.2) is 47.7 Å². The molecule has 0 spiro atoms. The van der Waals surface area contributed by atoms with Crippen LogP contribution in [0.1, 0.15) is 26.2 Å². The molecule has 0 aliphatic carbocycles. The van der Waals surface area contributed by atoms with E-state index < -0.39 is 29.8 Å². The first-order valence-electron chi connectivity index (χ1n) is 11.7. The summed E-state index contributed by atoms with van der Waals surface area (Å²) >= 11 is 0. The van der Waals surface area contributed by atoms with Gasteiger partial charge >= 0.3 is 12.1 Å². The van der Waals surface area contributed by atoms with Crippen molar-refractivity contribution < 1.29 is 32.2 Å². The molecule has 1 fully saturated rings. The number of anilines is 2. The fourth-order valence-electron chi connectivity index (χ4n) is 4.57. The molecule has 4 rings (SSSR count). The first-order chi connectivity index (χ1) is 17.2. The molecule has 0 radical (unpaired) electrons. The molecule has 0 saturated carbocycles. The standard InChI is InChI=1S/C25H29F3N4O4/c1-16-21(15-23(33)35-3)32(30-24(16)25(26,27)28)17-4-6-19(7-5-17)36-20-9-12-31(13-10-20)18-8-11-29-22(14-18)34-2/h4-8,11,14,16,20-21H,9-10,12-13,15H2,1-3H3/t16-,21-/m0/s1. The topological polar surface area (TPSA) is 76.5 Å². The zero-order valence-corrected chi connectivity index (χ0v) is 20.4. The average Bonchev–Trinajstić information content (AvgIpc) is 3.21. The first kappa shape index (κ1) is 25.6. The third kappa shape index (κ3) is 5.66. The summed E-state index contributed by atoms with van der Waals surface area (Å²) in [6, 6.07) is 9.81.